The summed E-state index contributed by atoms with van der Waals surface area (Å²) in [6, 6.07) is 12.9. The van der Waals surface area contributed by atoms with E-state index in [9.17, 15) is 9.00 Å². The van der Waals surface area contributed by atoms with Gasteiger partial charge in [0, 0.05) is 52.4 Å². The number of rotatable bonds is 4. The van der Waals surface area contributed by atoms with Gasteiger partial charge in [-0.2, -0.15) is 0 Å². The van der Waals surface area contributed by atoms with Crippen LogP contribution >= 0.6 is 11.6 Å². The summed E-state index contributed by atoms with van der Waals surface area (Å²) in [6.07, 6.45) is 3.29. The number of piperidine rings is 1. The zero-order valence-corrected chi connectivity index (χ0v) is 17.1. The highest BCUT2D eigenvalue weighted by atomic mass is 35.5. The molecular formula is C21H21ClN2O3S. The second kappa shape index (κ2) is 8.05. The Balaban J connectivity index is 1.43. The van der Waals surface area contributed by atoms with Crippen LogP contribution in [0.4, 0.5) is 0 Å². The van der Waals surface area contributed by atoms with Crippen LogP contribution in [0, 0.1) is 0 Å². The predicted octanol–water partition coefficient (Wildman–Crippen LogP) is 4.38. The van der Waals surface area contributed by atoms with Crippen molar-refractivity contribution in [2.45, 2.75) is 24.5 Å². The summed E-state index contributed by atoms with van der Waals surface area (Å²) in [4.78, 5) is 19.3. The van der Waals surface area contributed by atoms with Crippen LogP contribution in [0.1, 0.15) is 40.6 Å². The van der Waals surface area contributed by atoms with Crippen molar-refractivity contribution in [1.82, 2.24) is 9.88 Å². The van der Waals surface area contributed by atoms with E-state index in [4.69, 9.17) is 16.0 Å². The van der Waals surface area contributed by atoms with Crippen molar-refractivity contribution in [3.63, 3.8) is 0 Å². The zero-order chi connectivity index (χ0) is 19.7. The Bertz CT molecular complexity index is 1040. The van der Waals surface area contributed by atoms with Crippen LogP contribution in [0.25, 0.3) is 11.1 Å². The number of carbonyl (C=O) groups is 1. The van der Waals surface area contributed by atoms with Gasteiger partial charge in [-0.1, -0.05) is 23.7 Å². The van der Waals surface area contributed by atoms with Crippen LogP contribution in [0.15, 0.2) is 46.9 Å². The molecule has 1 aliphatic rings. The maximum Gasteiger partial charge on any atom is 0.253 e. The molecule has 5 nitrogen and oxygen atoms in total. The molecule has 1 amide bonds. The summed E-state index contributed by atoms with van der Waals surface area (Å²) < 4.78 is 17.3. The lowest BCUT2D eigenvalue weighted by Gasteiger charge is -2.30. The van der Waals surface area contributed by atoms with Crippen molar-refractivity contribution >= 4 is 39.4 Å². The Kier molecular flexibility index (Phi) is 5.51. The number of nitrogens with zero attached hydrogens (tertiary/aromatic N) is 2. The molecule has 1 fully saturated rings. The highest BCUT2D eigenvalue weighted by Gasteiger charge is 2.27. The van der Waals surface area contributed by atoms with E-state index in [-0.39, 0.29) is 11.8 Å². The molecule has 1 aliphatic heterocycles. The van der Waals surface area contributed by atoms with Crippen LogP contribution in [0.5, 0.6) is 0 Å². The number of hydrogen-bond acceptors (Lipinski definition) is 4. The molecule has 1 saturated heterocycles. The topological polar surface area (TPSA) is 63.4 Å². The second-order valence-electron chi connectivity index (χ2n) is 7.15. The Labute approximate surface area is 171 Å². The first-order chi connectivity index (χ1) is 13.5. The van der Waals surface area contributed by atoms with E-state index in [2.05, 4.69) is 4.98 Å². The van der Waals surface area contributed by atoms with Gasteiger partial charge in [-0.3, -0.25) is 9.00 Å². The van der Waals surface area contributed by atoms with E-state index in [0.717, 1.165) is 35.4 Å². The van der Waals surface area contributed by atoms with Gasteiger partial charge in [0.25, 0.3) is 5.91 Å². The number of amides is 1. The highest BCUT2D eigenvalue weighted by molar-refractivity contribution is 7.83. The highest BCUT2D eigenvalue weighted by Crippen LogP contribution is 2.31. The summed E-state index contributed by atoms with van der Waals surface area (Å²) in [6.45, 7) is 1.32. The monoisotopic (exact) mass is 416 g/mol. The van der Waals surface area contributed by atoms with Crippen molar-refractivity contribution in [3.8, 4) is 0 Å². The fraction of sp³-hybridized carbons (Fsp3) is 0.333. The van der Waals surface area contributed by atoms with Gasteiger partial charge < -0.3 is 9.32 Å². The van der Waals surface area contributed by atoms with E-state index in [1.54, 1.807) is 18.4 Å². The Morgan fingerprint density at radius 3 is 2.79 bits per heavy atom. The number of oxazole rings is 1. The van der Waals surface area contributed by atoms with Crippen LogP contribution in [0.2, 0.25) is 5.02 Å². The van der Waals surface area contributed by atoms with E-state index < -0.39 is 10.8 Å². The van der Waals surface area contributed by atoms with Gasteiger partial charge in [-0.15, -0.1) is 0 Å². The third kappa shape index (κ3) is 4.13. The number of benzene rings is 2. The molecule has 2 aromatic carbocycles. The van der Waals surface area contributed by atoms with E-state index in [1.807, 2.05) is 35.2 Å². The second-order valence-corrected chi connectivity index (χ2v) is 9.02. The third-order valence-corrected chi connectivity index (χ3v) is 6.02. The van der Waals surface area contributed by atoms with Gasteiger partial charge in [-0.25, -0.2) is 4.98 Å². The van der Waals surface area contributed by atoms with Gasteiger partial charge in [0.05, 0.1) is 0 Å². The normalized spacial score (nSPS) is 16.4. The van der Waals surface area contributed by atoms with Crippen LogP contribution < -0.4 is 0 Å². The Hall–Kier alpha value is -2.18. The summed E-state index contributed by atoms with van der Waals surface area (Å²) >= 11 is 6.02. The molecule has 1 aromatic heterocycles. The summed E-state index contributed by atoms with van der Waals surface area (Å²) in [5.74, 6) is 1.40. The first-order valence-electron chi connectivity index (χ1n) is 9.24. The third-order valence-electron chi connectivity index (χ3n) is 5.04. The minimum absolute atomic E-state index is 0.0199. The van der Waals surface area contributed by atoms with Crippen molar-refractivity contribution in [1.29, 1.82) is 0 Å². The Morgan fingerprint density at radius 2 is 2.04 bits per heavy atom. The lowest BCUT2D eigenvalue weighted by molar-refractivity contribution is 0.0706. The molecule has 3 aromatic rings. The number of fused-ring (bicyclic) bond motifs is 1. The molecule has 0 saturated carbocycles. The first-order valence-corrected chi connectivity index (χ1v) is 11.3. The number of halogens is 1. The van der Waals surface area contributed by atoms with Gasteiger partial charge in [-0.05, 0) is 48.7 Å². The molecule has 1 atom stereocenters. The van der Waals surface area contributed by atoms with Crippen molar-refractivity contribution in [3.05, 3.63) is 64.5 Å². The SMILES string of the molecule is CS(=O)Cc1cccc(C(=O)N2CCC(c3nc4cc(Cl)ccc4o3)CC2)c1. The molecule has 28 heavy (non-hydrogen) atoms. The van der Waals surface area contributed by atoms with E-state index in [0.29, 0.717) is 29.4 Å². The number of likely N-dealkylation sites (tertiary alicyclic amines) is 1. The predicted molar refractivity (Wildman–Crippen MR) is 111 cm³/mol. The lowest BCUT2D eigenvalue weighted by atomic mass is 9.96. The number of carbonyl (C=O) groups excluding carboxylic acids is 1. The smallest absolute Gasteiger partial charge is 0.253 e. The summed E-state index contributed by atoms with van der Waals surface area (Å²) in [5, 5.41) is 0.641. The molecule has 0 N–H and O–H groups in total. The quantitative estimate of drug-likeness (QED) is 0.633. The maximum atomic E-state index is 12.9. The molecule has 1 unspecified atom stereocenters. The fourth-order valence-corrected chi connectivity index (χ4v) is 4.45. The molecule has 0 radical (unpaired) electrons. The van der Waals surface area contributed by atoms with Crippen LogP contribution in [-0.4, -0.2) is 39.3 Å². The van der Waals surface area contributed by atoms with E-state index >= 15 is 0 Å². The van der Waals surface area contributed by atoms with Gasteiger partial charge in [0.2, 0.25) is 0 Å². The lowest BCUT2D eigenvalue weighted by Crippen LogP contribution is -2.38. The molecule has 146 valence electrons. The summed E-state index contributed by atoms with van der Waals surface area (Å²) in [7, 11) is -0.928. The molecule has 0 aliphatic carbocycles. The molecule has 4 rings (SSSR count). The van der Waals surface area contributed by atoms with Crippen molar-refractivity contribution in [2.24, 2.45) is 0 Å². The van der Waals surface area contributed by atoms with Gasteiger partial charge in [0.1, 0.15) is 5.52 Å². The minimum atomic E-state index is -0.928. The van der Waals surface area contributed by atoms with Crippen LogP contribution in [-0.2, 0) is 16.6 Å². The number of hydrogen-bond donors (Lipinski definition) is 0. The van der Waals surface area contributed by atoms with E-state index in [1.165, 1.54) is 0 Å². The average Bonchev–Trinajstić information content (AvgIpc) is 3.10. The number of aromatic nitrogens is 1. The molecular weight excluding hydrogens is 396 g/mol. The standard InChI is InChI=1S/C21H21ClN2O3S/c1-28(26)13-14-3-2-4-16(11-14)21(25)24-9-7-15(8-10-24)20-23-18-12-17(22)5-6-19(18)27-20/h2-6,11-12,15H,7-10,13H2,1H3. The molecule has 7 heteroatoms. The van der Waals surface area contributed by atoms with Gasteiger partial charge in [0.15, 0.2) is 11.5 Å². The zero-order valence-electron chi connectivity index (χ0n) is 15.6. The maximum absolute atomic E-state index is 12.9. The minimum Gasteiger partial charge on any atom is -0.440 e. The molecule has 0 bridgehead atoms. The van der Waals surface area contributed by atoms with Crippen molar-refractivity contribution < 1.29 is 13.4 Å². The fourth-order valence-electron chi connectivity index (χ4n) is 3.63. The summed E-state index contributed by atoms with van der Waals surface area (Å²) in [5.41, 5.74) is 3.08. The molecule has 0 spiro atoms. The average molecular weight is 417 g/mol. The molecule has 2 heterocycles. The van der Waals surface area contributed by atoms with Crippen LogP contribution in [0.3, 0.4) is 0 Å². The first kappa shape index (κ1) is 19.2. The largest absolute Gasteiger partial charge is 0.440 e. The van der Waals surface area contributed by atoms with Crippen molar-refractivity contribution in [2.75, 3.05) is 19.3 Å². The van der Waals surface area contributed by atoms with Gasteiger partial charge >= 0.3 is 0 Å². The Morgan fingerprint density at radius 1 is 1.25 bits per heavy atom.